The van der Waals surface area contributed by atoms with E-state index in [0.29, 0.717) is 0 Å². The SMILES string of the molecule is NC(NO)c1cccc2[nH]cnc12. The summed E-state index contributed by atoms with van der Waals surface area (Å²) in [7, 11) is 0. The lowest BCUT2D eigenvalue weighted by Crippen LogP contribution is -2.25. The van der Waals surface area contributed by atoms with Crippen molar-refractivity contribution in [2.45, 2.75) is 6.17 Å². The predicted octanol–water partition coefficient (Wildman–Crippen LogP) is 0.499. The molecule has 1 aromatic heterocycles. The lowest BCUT2D eigenvalue weighted by atomic mass is 10.1. The van der Waals surface area contributed by atoms with E-state index in [1.165, 1.54) is 0 Å². The van der Waals surface area contributed by atoms with Gasteiger partial charge in [-0.05, 0) is 6.07 Å². The normalized spacial score (nSPS) is 13.4. The molecule has 1 atom stereocenters. The number of imidazole rings is 1. The number of benzene rings is 1. The number of hydrogen-bond donors (Lipinski definition) is 4. The van der Waals surface area contributed by atoms with Crippen LogP contribution in [-0.4, -0.2) is 15.2 Å². The molecule has 0 radical (unpaired) electrons. The quantitative estimate of drug-likeness (QED) is 0.398. The van der Waals surface area contributed by atoms with Crippen LogP contribution in [0.1, 0.15) is 11.7 Å². The molecule has 0 amide bonds. The maximum Gasteiger partial charge on any atom is 0.106 e. The topological polar surface area (TPSA) is 87.0 Å². The first-order chi connectivity index (χ1) is 6.33. The standard InChI is InChI=1S/C8H10N4O/c9-8(12-13)5-2-1-3-6-7(5)11-4-10-6/h1-4,8,12-13H,9H2,(H,10,11). The van der Waals surface area contributed by atoms with Crippen LogP contribution in [0.15, 0.2) is 24.5 Å². The van der Waals surface area contributed by atoms with E-state index >= 15 is 0 Å². The molecule has 0 spiro atoms. The monoisotopic (exact) mass is 178 g/mol. The molecule has 13 heavy (non-hydrogen) atoms. The van der Waals surface area contributed by atoms with Gasteiger partial charge in [0.2, 0.25) is 0 Å². The van der Waals surface area contributed by atoms with Gasteiger partial charge >= 0.3 is 0 Å². The second-order valence-corrected chi connectivity index (χ2v) is 2.75. The molecule has 5 heteroatoms. The van der Waals surface area contributed by atoms with Crippen LogP contribution in [0.5, 0.6) is 0 Å². The molecule has 2 rings (SSSR count). The number of nitrogens with zero attached hydrogens (tertiary/aromatic N) is 1. The van der Waals surface area contributed by atoms with Crippen molar-refractivity contribution in [1.82, 2.24) is 15.4 Å². The molecule has 0 saturated carbocycles. The summed E-state index contributed by atoms with van der Waals surface area (Å²) in [6, 6.07) is 5.57. The second kappa shape index (κ2) is 3.14. The average molecular weight is 178 g/mol. The number of rotatable bonds is 2. The molecule has 0 bridgehead atoms. The van der Waals surface area contributed by atoms with Crippen LogP contribution in [0.2, 0.25) is 0 Å². The van der Waals surface area contributed by atoms with Gasteiger partial charge in [0.05, 0.1) is 17.4 Å². The van der Waals surface area contributed by atoms with Crippen LogP contribution in [-0.2, 0) is 0 Å². The van der Waals surface area contributed by atoms with Gasteiger partial charge in [-0.2, -0.15) is 5.48 Å². The van der Waals surface area contributed by atoms with E-state index in [-0.39, 0.29) is 0 Å². The predicted molar refractivity (Wildman–Crippen MR) is 47.9 cm³/mol. The van der Waals surface area contributed by atoms with E-state index in [4.69, 9.17) is 10.9 Å². The molecule has 0 aliphatic carbocycles. The van der Waals surface area contributed by atoms with Crippen LogP contribution in [0.4, 0.5) is 0 Å². The average Bonchev–Trinajstić information content (AvgIpc) is 2.63. The number of H-pyrrole nitrogens is 1. The number of para-hydroxylation sites is 1. The molecular weight excluding hydrogens is 168 g/mol. The molecule has 0 aliphatic heterocycles. The summed E-state index contributed by atoms with van der Waals surface area (Å²) in [5.41, 5.74) is 10.0. The molecule has 2 aromatic rings. The van der Waals surface area contributed by atoms with Crippen LogP contribution in [0.3, 0.4) is 0 Å². The van der Waals surface area contributed by atoms with Crippen molar-refractivity contribution < 1.29 is 5.21 Å². The number of aromatic amines is 1. The number of aromatic nitrogens is 2. The highest BCUT2D eigenvalue weighted by Crippen LogP contribution is 2.17. The van der Waals surface area contributed by atoms with Gasteiger partial charge < -0.3 is 15.9 Å². The van der Waals surface area contributed by atoms with Gasteiger partial charge in [-0.15, -0.1) is 0 Å². The zero-order valence-electron chi connectivity index (χ0n) is 6.86. The third kappa shape index (κ3) is 1.29. The van der Waals surface area contributed by atoms with Gasteiger partial charge in [0.1, 0.15) is 6.17 Å². The summed E-state index contributed by atoms with van der Waals surface area (Å²) in [4.78, 5) is 7.06. The Balaban J connectivity index is 2.60. The van der Waals surface area contributed by atoms with Gasteiger partial charge in [0.25, 0.3) is 0 Å². The summed E-state index contributed by atoms with van der Waals surface area (Å²) in [5, 5.41) is 8.67. The van der Waals surface area contributed by atoms with Crippen molar-refractivity contribution in [2.24, 2.45) is 5.73 Å². The molecule has 68 valence electrons. The molecule has 1 aromatic carbocycles. The van der Waals surface area contributed by atoms with Gasteiger partial charge in [-0.3, -0.25) is 0 Å². The fraction of sp³-hybridized carbons (Fsp3) is 0.125. The van der Waals surface area contributed by atoms with Crippen LogP contribution < -0.4 is 11.2 Å². The summed E-state index contributed by atoms with van der Waals surface area (Å²) < 4.78 is 0. The first kappa shape index (κ1) is 8.18. The molecule has 1 heterocycles. The summed E-state index contributed by atoms with van der Waals surface area (Å²) >= 11 is 0. The smallest absolute Gasteiger partial charge is 0.106 e. The third-order valence-electron chi connectivity index (χ3n) is 1.96. The van der Waals surface area contributed by atoms with Crippen molar-refractivity contribution in [2.75, 3.05) is 0 Å². The Morgan fingerprint density at radius 3 is 3.15 bits per heavy atom. The van der Waals surface area contributed by atoms with Gasteiger partial charge in [-0.1, -0.05) is 12.1 Å². The number of nitrogens with two attached hydrogens (primary N) is 1. The van der Waals surface area contributed by atoms with E-state index in [9.17, 15) is 0 Å². The minimum absolute atomic E-state index is 0.605. The van der Waals surface area contributed by atoms with E-state index < -0.39 is 6.17 Å². The Hall–Kier alpha value is -1.43. The highest BCUT2D eigenvalue weighted by molar-refractivity contribution is 5.78. The number of fused-ring (bicyclic) bond motifs is 1. The summed E-state index contributed by atoms with van der Waals surface area (Å²) in [6.07, 6.45) is 0.991. The van der Waals surface area contributed by atoms with E-state index in [0.717, 1.165) is 16.6 Å². The van der Waals surface area contributed by atoms with Crippen molar-refractivity contribution in [1.29, 1.82) is 0 Å². The largest absolute Gasteiger partial charge is 0.345 e. The van der Waals surface area contributed by atoms with Gasteiger partial charge in [0.15, 0.2) is 0 Å². The van der Waals surface area contributed by atoms with Crippen molar-refractivity contribution >= 4 is 11.0 Å². The van der Waals surface area contributed by atoms with E-state index in [1.807, 2.05) is 23.7 Å². The minimum atomic E-state index is -0.605. The lowest BCUT2D eigenvalue weighted by molar-refractivity contribution is 0.129. The Morgan fingerprint density at radius 2 is 2.38 bits per heavy atom. The molecule has 5 N–H and O–H groups in total. The highest BCUT2D eigenvalue weighted by atomic mass is 16.5. The van der Waals surface area contributed by atoms with E-state index in [2.05, 4.69) is 9.97 Å². The molecular formula is C8H10N4O. The minimum Gasteiger partial charge on any atom is -0.345 e. The number of hydroxylamine groups is 1. The zero-order valence-corrected chi connectivity index (χ0v) is 6.86. The maximum absolute atomic E-state index is 8.67. The zero-order chi connectivity index (χ0) is 9.26. The first-order valence-corrected chi connectivity index (χ1v) is 3.90. The van der Waals surface area contributed by atoms with Crippen LogP contribution in [0.25, 0.3) is 11.0 Å². The summed E-state index contributed by atoms with van der Waals surface area (Å²) in [6.45, 7) is 0. The number of nitrogens with one attached hydrogen (secondary N) is 2. The molecule has 0 fully saturated rings. The van der Waals surface area contributed by atoms with Gasteiger partial charge in [0, 0.05) is 5.56 Å². The van der Waals surface area contributed by atoms with Crippen molar-refractivity contribution in [3.63, 3.8) is 0 Å². The Morgan fingerprint density at radius 1 is 1.54 bits per heavy atom. The Kier molecular flexibility index (Phi) is 1.97. The second-order valence-electron chi connectivity index (χ2n) is 2.75. The first-order valence-electron chi connectivity index (χ1n) is 3.90. The highest BCUT2D eigenvalue weighted by Gasteiger charge is 2.09. The molecule has 0 saturated heterocycles. The third-order valence-corrected chi connectivity index (χ3v) is 1.96. The van der Waals surface area contributed by atoms with Crippen molar-refractivity contribution in [3.05, 3.63) is 30.1 Å². The molecule has 5 nitrogen and oxygen atoms in total. The fourth-order valence-electron chi connectivity index (χ4n) is 1.31. The van der Waals surface area contributed by atoms with Crippen molar-refractivity contribution in [3.8, 4) is 0 Å². The fourth-order valence-corrected chi connectivity index (χ4v) is 1.31. The Bertz CT molecular complexity index is 411. The molecule has 0 aliphatic rings. The van der Waals surface area contributed by atoms with Crippen LogP contribution in [0, 0.1) is 0 Å². The Labute approximate surface area is 74.5 Å². The molecule has 1 unspecified atom stereocenters. The van der Waals surface area contributed by atoms with E-state index in [1.54, 1.807) is 6.33 Å². The summed E-state index contributed by atoms with van der Waals surface area (Å²) in [5.74, 6) is 0. The maximum atomic E-state index is 8.67. The van der Waals surface area contributed by atoms with Gasteiger partial charge in [-0.25, -0.2) is 4.98 Å². The lowest BCUT2D eigenvalue weighted by Gasteiger charge is -2.09. The van der Waals surface area contributed by atoms with Crippen LogP contribution >= 0.6 is 0 Å². The number of hydrogen-bond acceptors (Lipinski definition) is 4.